The Bertz CT molecular complexity index is 2850. The van der Waals surface area contributed by atoms with Crippen molar-refractivity contribution < 1.29 is 4.42 Å². The zero-order valence-electron chi connectivity index (χ0n) is 27.3. The van der Waals surface area contributed by atoms with E-state index in [4.69, 9.17) is 4.42 Å². The number of fused-ring (bicyclic) bond motifs is 8. The lowest BCUT2D eigenvalue weighted by atomic mass is 9.98. The van der Waals surface area contributed by atoms with Gasteiger partial charge in [0.15, 0.2) is 0 Å². The van der Waals surface area contributed by atoms with Gasteiger partial charge in [-0.15, -0.1) is 0 Å². The Hall–Kier alpha value is -6.64. The largest absolute Gasteiger partial charge is 0.456 e. The molecule has 0 aliphatic rings. The molecule has 0 unspecified atom stereocenters. The van der Waals surface area contributed by atoms with E-state index in [1.165, 1.54) is 48.8 Å². The van der Waals surface area contributed by atoms with E-state index >= 15 is 0 Å². The summed E-state index contributed by atoms with van der Waals surface area (Å²) in [4.78, 5) is 2.39. The van der Waals surface area contributed by atoms with Gasteiger partial charge in [-0.1, -0.05) is 140 Å². The summed E-state index contributed by atoms with van der Waals surface area (Å²) in [5.41, 5.74) is 9.85. The van der Waals surface area contributed by atoms with Crippen LogP contribution in [0, 0.1) is 0 Å². The number of benzene rings is 9. The predicted molar refractivity (Wildman–Crippen MR) is 212 cm³/mol. The molecule has 1 aromatic heterocycles. The molecule has 10 aromatic rings. The molecule has 0 saturated heterocycles. The lowest BCUT2D eigenvalue weighted by Gasteiger charge is -2.28. The van der Waals surface area contributed by atoms with Gasteiger partial charge in [0.2, 0.25) is 0 Å². The van der Waals surface area contributed by atoms with Crippen molar-refractivity contribution in [3.05, 3.63) is 188 Å². The van der Waals surface area contributed by atoms with Crippen LogP contribution in [0.25, 0.3) is 76.5 Å². The topological polar surface area (TPSA) is 16.4 Å². The zero-order valence-corrected chi connectivity index (χ0v) is 27.3. The summed E-state index contributed by atoms with van der Waals surface area (Å²) >= 11 is 0. The zero-order chi connectivity index (χ0) is 33.0. The molecule has 234 valence electrons. The van der Waals surface area contributed by atoms with Crippen molar-refractivity contribution in [2.75, 3.05) is 4.90 Å². The summed E-state index contributed by atoms with van der Waals surface area (Å²) in [6.45, 7) is 0. The number of nitrogens with zero attached hydrogens (tertiary/aromatic N) is 1. The van der Waals surface area contributed by atoms with E-state index in [0.29, 0.717) is 0 Å². The van der Waals surface area contributed by atoms with Crippen molar-refractivity contribution in [2.24, 2.45) is 0 Å². The van der Waals surface area contributed by atoms with Gasteiger partial charge in [-0.2, -0.15) is 0 Å². The minimum Gasteiger partial charge on any atom is -0.456 e. The van der Waals surface area contributed by atoms with Crippen LogP contribution in [0.4, 0.5) is 17.1 Å². The second kappa shape index (κ2) is 11.5. The number of furan rings is 1. The van der Waals surface area contributed by atoms with E-state index in [1.54, 1.807) is 0 Å². The van der Waals surface area contributed by atoms with Gasteiger partial charge >= 0.3 is 0 Å². The fraction of sp³-hybridized carbons (Fsp3) is 0. The Morgan fingerprint density at radius 1 is 0.320 bits per heavy atom. The Labute approximate surface area is 290 Å². The van der Waals surface area contributed by atoms with E-state index in [1.807, 2.05) is 0 Å². The first-order valence-electron chi connectivity index (χ1n) is 17.1. The van der Waals surface area contributed by atoms with E-state index in [9.17, 15) is 0 Å². The lowest BCUT2D eigenvalue weighted by molar-refractivity contribution is 0.669. The van der Waals surface area contributed by atoms with Crippen LogP contribution in [0.1, 0.15) is 0 Å². The molecule has 2 nitrogen and oxygen atoms in total. The summed E-state index contributed by atoms with van der Waals surface area (Å²) < 4.78 is 6.41. The molecule has 0 radical (unpaired) electrons. The molecule has 2 heteroatoms. The third-order valence-electron chi connectivity index (χ3n) is 10.0. The monoisotopic (exact) mass is 637 g/mol. The van der Waals surface area contributed by atoms with Crippen molar-refractivity contribution >= 4 is 71.3 Å². The van der Waals surface area contributed by atoms with Crippen LogP contribution >= 0.6 is 0 Å². The first kappa shape index (κ1) is 28.4. The molecular formula is C48H31NO. The van der Waals surface area contributed by atoms with Crippen LogP contribution < -0.4 is 4.90 Å². The Balaban J connectivity index is 1.10. The van der Waals surface area contributed by atoms with E-state index in [2.05, 4.69) is 193 Å². The van der Waals surface area contributed by atoms with Crippen LogP contribution in [-0.2, 0) is 0 Å². The Morgan fingerprint density at radius 3 is 1.62 bits per heavy atom. The van der Waals surface area contributed by atoms with E-state index < -0.39 is 0 Å². The number of hydrogen-bond acceptors (Lipinski definition) is 2. The fourth-order valence-electron chi connectivity index (χ4n) is 7.61. The average Bonchev–Trinajstić information content (AvgIpc) is 3.58. The summed E-state index contributed by atoms with van der Waals surface area (Å²) in [5.74, 6) is 0. The van der Waals surface area contributed by atoms with Crippen LogP contribution in [0.3, 0.4) is 0 Å². The average molecular weight is 638 g/mol. The molecule has 0 N–H and O–H groups in total. The van der Waals surface area contributed by atoms with Crippen molar-refractivity contribution in [3.8, 4) is 22.3 Å². The van der Waals surface area contributed by atoms with Crippen LogP contribution in [0.2, 0.25) is 0 Å². The van der Waals surface area contributed by atoms with Crippen molar-refractivity contribution in [3.63, 3.8) is 0 Å². The normalized spacial score (nSPS) is 11.6. The highest BCUT2D eigenvalue weighted by molar-refractivity contribution is 6.19. The fourth-order valence-corrected chi connectivity index (χ4v) is 7.61. The quantitative estimate of drug-likeness (QED) is 0.175. The Kier molecular flexibility index (Phi) is 6.53. The molecular weight excluding hydrogens is 607 g/mol. The van der Waals surface area contributed by atoms with Gasteiger partial charge in [-0.05, 0) is 97.7 Å². The summed E-state index contributed by atoms with van der Waals surface area (Å²) in [7, 11) is 0. The molecule has 0 bridgehead atoms. The maximum atomic E-state index is 6.41. The third-order valence-corrected chi connectivity index (χ3v) is 10.0. The molecule has 1 heterocycles. The molecule has 50 heavy (non-hydrogen) atoms. The maximum absolute atomic E-state index is 6.41. The molecule has 0 spiro atoms. The summed E-state index contributed by atoms with van der Waals surface area (Å²) in [5, 5.41) is 9.70. The Morgan fingerprint density at radius 2 is 0.880 bits per heavy atom. The van der Waals surface area contributed by atoms with Crippen LogP contribution in [0.15, 0.2) is 192 Å². The SMILES string of the molecule is c1ccc(-c2ccc(N(c3ccc(-c4ccc5c(c4)oc4ccc6ccccc6c45)cc3)c3cc4ccccc4c4ccccc34)cc2)cc1. The van der Waals surface area contributed by atoms with Crippen molar-refractivity contribution in [1.29, 1.82) is 0 Å². The molecule has 0 aliphatic carbocycles. The highest BCUT2D eigenvalue weighted by Gasteiger charge is 2.18. The van der Waals surface area contributed by atoms with Gasteiger partial charge in [-0.25, -0.2) is 0 Å². The minimum absolute atomic E-state index is 0.903. The molecule has 10 rings (SSSR count). The summed E-state index contributed by atoms with van der Waals surface area (Å²) in [6.07, 6.45) is 0. The highest BCUT2D eigenvalue weighted by atomic mass is 16.3. The van der Waals surface area contributed by atoms with Crippen molar-refractivity contribution in [1.82, 2.24) is 0 Å². The number of hydrogen-bond donors (Lipinski definition) is 0. The van der Waals surface area contributed by atoms with E-state index in [-0.39, 0.29) is 0 Å². The van der Waals surface area contributed by atoms with Gasteiger partial charge in [0.1, 0.15) is 11.2 Å². The van der Waals surface area contributed by atoms with Gasteiger partial charge in [0.05, 0.1) is 5.69 Å². The molecule has 0 aliphatic heterocycles. The van der Waals surface area contributed by atoms with Gasteiger partial charge < -0.3 is 9.32 Å². The minimum atomic E-state index is 0.903. The maximum Gasteiger partial charge on any atom is 0.136 e. The first-order chi connectivity index (χ1) is 24.8. The van der Waals surface area contributed by atoms with Crippen LogP contribution in [0.5, 0.6) is 0 Å². The van der Waals surface area contributed by atoms with Gasteiger partial charge in [0, 0.05) is 27.5 Å². The molecule has 0 amide bonds. The number of rotatable bonds is 5. The third kappa shape index (κ3) is 4.65. The lowest BCUT2D eigenvalue weighted by Crippen LogP contribution is -2.10. The highest BCUT2D eigenvalue weighted by Crippen LogP contribution is 2.43. The first-order valence-corrected chi connectivity index (χ1v) is 17.1. The number of anilines is 3. The predicted octanol–water partition coefficient (Wildman–Crippen LogP) is 13.8. The van der Waals surface area contributed by atoms with E-state index in [0.717, 1.165) is 44.7 Å². The standard InChI is InChI=1S/C48H31NO/c1-2-10-32(11-3-1)33-18-24-38(25-19-33)49(45-30-37-13-5-6-14-40(37)42-16-8-9-17-43(42)45)39-26-20-34(21-27-39)36-22-28-44-47(31-36)50-46-29-23-35-12-4-7-15-41(35)48(44)46/h1-31H. The second-order valence-electron chi connectivity index (χ2n) is 12.9. The van der Waals surface area contributed by atoms with Crippen molar-refractivity contribution in [2.45, 2.75) is 0 Å². The molecule has 0 atom stereocenters. The van der Waals surface area contributed by atoms with Gasteiger partial charge in [-0.3, -0.25) is 0 Å². The molecule has 9 aromatic carbocycles. The second-order valence-corrected chi connectivity index (χ2v) is 12.9. The molecule has 0 saturated carbocycles. The van der Waals surface area contributed by atoms with Gasteiger partial charge in [0.25, 0.3) is 0 Å². The molecule has 0 fully saturated rings. The smallest absolute Gasteiger partial charge is 0.136 e. The summed E-state index contributed by atoms with van der Waals surface area (Å²) in [6, 6.07) is 67.5. The van der Waals surface area contributed by atoms with Crippen LogP contribution in [-0.4, -0.2) is 0 Å².